The Bertz CT molecular complexity index is 418. The fraction of sp³-hybridized carbons (Fsp3) is 0.533. The van der Waals surface area contributed by atoms with Crippen molar-refractivity contribution in [3.05, 3.63) is 33.8 Å². The van der Waals surface area contributed by atoms with E-state index >= 15 is 0 Å². The highest BCUT2D eigenvalue weighted by Gasteiger charge is 2.12. The van der Waals surface area contributed by atoms with Crippen LogP contribution in [-0.4, -0.2) is 17.7 Å². The van der Waals surface area contributed by atoms with Gasteiger partial charge in [0.15, 0.2) is 0 Å². The van der Waals surface area contributed by atoms with E-state index in [1.807, 2.05) is 32.0 Å². The number of carbonyl (C=O) groups is 1. The van der Waals surface area contributed by atoms with Gasteiger partial charge in [0.05, 0.1) is 12.7 Å². The van der Waals surface area contributed by atoms with Crippen molar-refractivity contribution in [2.24, 2.45) is 0 Å². The maximum Gasteiger partial charge on any atom is 0.305 e. The Balaban J connectivity index is 2.40. The molecule has 3 nitrogen and oxygen atoms in total. The minimum absolute atomic E-state index is 0.235. The van der Waals surface area contributed by atoms with Gasteiger partial charge in [-0.2, -0.15) is 0 Å². The Morgan fingerprint density at radius 3 is 2.84 bits per heavy atom. The lowest BCUT2D eigenvalue weighted by atomic mass is 10.0. The molecule has 1 atom stereocenters. The molecule has 0 radical (unpaired) electrons. The van der Waals surface area contributed by atoms with Crippen molar-refractivity contribution in [1.29, 1.82) is 0 Å². The van der Waals surface area contributed by atoms with Gasteiger partial charge >= 0.3 is 5.97 Å². The fourth-order valence-corrected chi connectivity index (χ4v) is 1.95. The first-order valence-electron chi connectivity index (χ1n) is 6.64. The molecule has 19 heavy (non-hydrogen) atoms. The quantitative estimate of drug-likeness (QED) is 0.609. The lowest BCUT2D eigenvalue weighted by molar-refractivity contribution is -0.144. The largest absolute Gasteiger partial charge is 0.466 e. The van der Waals surface area contributed by atoms with E-state index < -0.39 is 6.10 Å². The third kappa shape index (κ3) is 5.74. The zero-order valence-corrected chi connectivity index (χ0v) is 13.1. The zero-order valence-electron chi connectivity index (χ0n) is 11.5. The summed E-state index contributed by atoms with van der Waals surface area (Å²) in [6.07, 6.45) is 1.92. The summed E-state index contributed by atoms with van der Waals surface area (Å²) in [6, 6.07) is 5.70. The van der Waals surface area contributed by atoms with Crippen molar-refractivity contribution in [3.63, 3.8) is 0 Å². The number of benzene rings is 1. The molecule has 0 aliphatic carbocycles. The predicted octanol–water partition coefficient (Wildman–Crippen LogP) is 3.91. The molecule has 1 aromatic carbocycles. The summed E-state index contributed by atoms with van der Waals surface area (Å²) >= 11 is 3.42. The smallest absolute Gasteiger partial charge is 0.305 e. The maximum absolute atomic E-state index is 11.4. The minimum atomic E-state index is -0.620. The third-order valence-electron chi connectivity index (χ3n) is 2.95. The van der Waals surface area contributed by atoms with Crippen LogP contribution in [0.2, 0.25) is 0 Å². The highest BCUT2D eigenvalue weighted by atomic mass is 79.9. The van der Waals surface area contributed by atoms with Crippen LogP contribution < -0.4 is 0 Å². The molecule has 0 amide bonds. The van der Waals surface area contributed by atoms with E-state index in [1.165, 1.54) is 0 Å². The average Bonchev–Trinajstić information content (AvgIpc) is 2.39. The van der Waals surface area contributed by atoms with E-state index in [0.29, 0.717) is 13.0 Å². The molecule has 0 aliphatic heterocycles. The molecule has 0 bridgehead atoms. The third-order valence-corrected chi connectivity index (χ3v) is 3.84. The molecule has 0 saturated heterocycles. The maximum atomic E-state index is 11.4. The van der Waals surface area contributed by atoms with Gasteiger partial charge in [-0.15, -0.1) is 0 Å². The summed E-state index contributed by atoms with van der Waals surface area (Å²) < 4.78 is 6.07. The first-order chi connectivity index (χ1) is 9.04. The Morgan fingerprint density at radius 2 is 2.21 bits per heavy atom. The topological polar surface area (TPSA) is 46.5 Å². The van der Waals surface area contributed by atoms with Gasteiger partial charge in [0.1, 0.15) is 0 Å². The molecule has 0 heterocycles. The van der Waals surface area contributed by atoms with Crippen molar-refractivity contribution in [1.82, 2.24) is 0 Å². The van der Waals surface area contributed by atoms with E-state index in [9.17, 15) is 9.90 Å². The van der Waals surface area contributed by atoms with Crippen molar-refractivity contribution >= 4 is 21.9 Å². The van der Waals surface area contributed by atoms with Gasteiger partial charge in [0.2, 0.25) is 0 Å². The second-order valence-corrected chi connectivity index (χ2v) is 5.49. The van der Waals surface area contributed by atoms with Crippen molar-refractivity contribution < 1.29 is 14.6 Å². The summed E-state index contributed by atoms with van der Waals surface area (Å²) in [7, 11) is 0. The van der Waals surface area contributed by atoms with Gasteiger partial charge in [-0.25, -0.2) is 0 Å². The molecule has 0 spiro atoms. The number of aliphatic hydroxyl groups excluding tert-OH is 1. The van der Waals surface area contributed by atoms with Crippen LogP contribution in [0.25, 0.3) is 0 Å². The van der Waals surface area contributed by atoms with Crippen molar-refractivity contribution in [2.75, 3.05) is 6.61 Å². The molecule has 0 aromatic heterocycles. The molecule has 1 rings (SSSR count). The normalized spacial score (nSPS) is 12.2. The van der Waals surface area contributed by atoms with Gasteiger partial charge < -0.3 is 9.84 Å². The van der Waals surface area contributed by atoms with E-state index in [0.717, 1.165) is 28.4 Å². The van der Waals surface area contributed by atoms with E-state index in [-0.39, 0.29) is 12.4 Å². The van der Waals surface area contributed by atoms with Crippen LogP contribution in [0.4, 0.5) is 0 Å². The van der Waals surface area contributed by atoms with Gasteiger partial charge in [0, 0.05) is 10.9 Å². The van der Waals surface area contributed by atoms with Gasteiger partial charge in [-0.1, -0.05) is 41.4 Å². The van der Waals surface area contributed by atoms with Crippen LogP contribution >= 0.6 is 15.9 Å². The minimum Gasteiger partial charge on any atom is -0.466 e. The second kappa shape index (κ2) is 8.33. The van der Waals surface area contributed by atoms with E-state index in [4.69, 9.17) is 4.74 Å². The number of halogens is 1. The lowest BCUT2D eigenvalue weighted by Gasteiger charge is -2.12. The summed E-state index contributed by atoms with van der Waals surface area (Å²) in [5.74, 6) is -0.235. The number of aliphatic hydroxyl groups is 1. The standard InChI is InChI=1S/C15H21BrO3/c1-3-4-9-19-15(18)8-7-14(17)12-5-6-13(16)11(2)10-12/h5-6,10,14,17H,3-4,7-9H2,1-2H3. The van der Waals surface area contributed by atoms with Crippen LogP contribution in [0.3, 0.4) is 0 Å². The number of hydrogen-bond acceptors (Lipinski definition) is 3. The molecule has 0 fully saturated rings. The van der Waals surface area contributed by atoms with Gasteiger partial charge in [-0.05, 0) is 37.0 Å². The van der Waals surface area contributed by atoms with Crippen molar-refractivity contribution in [2.45, 2.75) is 45.6 Å². The molecular formula is C15H21BrO3. The molecule has 106 valence electrons. The SMILES string of the molecule is CCCCOC(=O)CCC(O)c1ccc(Br)c(C)c1. The molecule has 4 heteroatoms. The van der Waals surface area contributed by atoms with Crippen LogP contribution in [0.1, 0.15) is 49.8 Å². The first kappa shape index (κ1) is 16.2. The number of carbonyl (C=O) groups excluding carboxylic acids is 1. The fourth-order valence-electron chi connectivity index (χ4n) is 1.70. The van der Waals surface area contributed by atoms with Gasteiger partial charge in [0.25, 0.3) is 0 Å². The second-order valence-electron chi connectivity index (χ2n) is 4.64. The van der Waals surface area contributed by atoms with Gasteiger partial charge in [-0.3, -0.25) is 4.79 Å². The van der Waals surface area contributed by atoms with Crippen LogP contribution in [0.15, 0.2) is 22.7 Å². The molecular weight excluding hydrogens is 308 g/mol. The molecule has 1 aromatic rings. The zero-order chi connectivity index (χ0) is 14.3. The number of rotatable bonds is 7. The Labute approximate surface area is 123 Å². The summed E-state index contributed by atoms with van der Waals surface area (Å²) in [5.41, 5.74) is 1.91. The molecule has 0 saturated carbocycles. The Hall–Kier alpha value is -0.870. The highest BCUT2D eigenvalue weighted by molar-refractivity contribution is 9.10. The van der Waals surface area contributed by atoms with E-state index in [2.05, 4.69) is 15.9 Å². The molecule has 1 N–H and O–H groups in total. The van der Waals surface area contributed by atoms with Crippen LogP contribution in [-0.2, 0) is 9.53 Å². The number of hydrogen-bond donors (Lipinski definition) is 1. The summed E-state index contributed by atoms with van der Waals surface area (Å²) in [6.45, 7) is 4.50. The monoisotopic (exact) mass is 328 g/mol. The molecule has 0 aliphatic rings. The van der Waals surface area contributed by atoms with Crippen LogP contribution in [0, 0.1) is 6.92 Å². The Morgan fingerprint density at radius 1 is 1.47 bits per heavy atom. The number of aryl methyl sites for hydroxylation is 1. The van der Waals surface area contributed by atoms with E-state index in [1.54, 1.807) is 0 Å². The number of unbranched alkanes of at least 4 members (excludes halogenated alkanes) is 1. The Kier molecular flexibility index (Phi) is 7.10. The number of esters is 1. The predicted molar refractivity (Wildman–Crippen MR) is 78.9 cm³/mol. The van der Waals surface area contributed by atoms with Crippen molar-refractivity contribution in [3.8, 4) is 0 Å². The average molecular weight is 329 g/mol. The van der Waals surface area contributed by atoms with Crippen LogP contribution in [0.5, 0.6) is 0 Å². The first-order valence-corrected chi connectivity index (χ1v) is 7.43. The summed E-state index contributed by atoms with van der Waals surface area (Å²) in [5, 5.41) is 10.0. The number of ether oxygens (including phenoxy) is 1. The molecule has 1 unspecified atom stereocenters. The summed E-state index contributed by atoms with van der Waals surface area (Å²) in [4.78, 5) is 11.4. The highest BCUT2D eigenvalue weighted by Crippen LogP contribution is 2.24. The lowest BCUT2D eigenvalue weighted by Crippen LogP contribution is -2.08.